The lowest BCUT2D eigenvalue weighted by molar-refractivity contribution is 0.220. The van der Waals surface area contributed by atoms with Gasteiger partial charge in [-0.25, -0.2) is 0 Å². The first-order valence-electron chi connectivity index (χ1n) is 5.93. The molecule has 3 heteroatoms. The number of hydrogen-bond acceptors (Lipinski definition) is 2. The molecule has 0 amide bonds. The highest BCUT2D eigenvalue weighted by Gasteiger charge is 2.10. The number of aliphatic hydroxyl groups is 1. The van der Waals surface area contributed by atoms with Crippen LogP contribution < -0.4 is 5.73 Å². The van der Waals surface area contributed by atoms with Crippen LogP contribution in [0.2, 0.25) is 5.02 Å². The quantitative estimate of drug-likeness (QED) is 0.889. The molecule has 0 saturated carbocycles. The van der Waals surface area contributed by atoms with Crippen LogP contribution in [0.4, 0.5) is 0 Å². The number of benzene rings is 2. The third kappa shape index (κ3) is 3.10. The van der Waals surface area contributed by atoms with Gasteiger partial charge in [0.05, 0.1) is 0 Å². The molecule has 0 aromatic heterocycles. The molecular weight excluding hydrogens is 246 g/mol. The van der Waals surface area contributed by atoms with Crippen LogP contribution in [-0.2, 0) is 6.42 Å². The third-order valence-electron chi connectivity index (χ3n) is 2.89. The van der Waals surface area contributed by atoms with Gasteiger partial charge in [-0.3, -0.25) is 0 Å². The molecule has 0 spiro atoms. The fraction of sp³-hybridized carbons (Fsp3) is 0.200. The van der Waals surface area contributed by atoms with Gasteiger partial charge in [-0.1, -0.05) is 48.0 Å². The van der Waals surface area contributed by atoms with Crippen molar-refractivity contribution >= 4 is 11.6 Å². The van der Waals surface area contributed by atoms with Gasteiger partial charge < -0.3 is 10.8 Å². The molecule has 0 bridgehead atoms. The van der Waals surface area contributed by atoms with Gasteiger partial charge in [0.1, 0.15) is 6.10 Å². The fourth-order valence-corrected chi connectivity index (χ4v) is 2.10. The Kier molecular flexibility index (Phi) is 4.37. The number of aliphatic hydroxyl groups excluding tert-OH is 1. The van der Waals surface area contributed by atoms with Gasteiger partial charge in [0.15, 0.2) is 0 Å². The van der Waals surface area contributed by atoms with Crippen LogP contribution in [0.3, 0.4) is 0 Å². The Morgan fingerprint density at radius 2 is 1.78 bits per heavy atom. The predicted octanol–water partition coefficient (Wildman–Crippen LogP) is 2.92. The number of hydrogen-bond donors (Lipinski definition) is 2. The molecule has 0 saturated heterocycles. The van der Waals surface area contributed by atoms with Crippen LogP contribution in [0.25, 0.3) is 0 Å². The van der Waals surface area contributed by atoms with Crippen molar-refractivity contribution in [1.82, 2.24) is 0 Å². The van der Waals surface area contributed by atoms with E-state index in [1.165, 1.54) is 5.56 Å². The highest BCUT2D eigenvalue weighted by molar-refractivity contribution is 6.30. The lowest BCUT2D eigenvalue weighted by Gasteiger charge is -2.12. The summed E-state index contributed by atoms with van der Waals surface area (Å²) in [5, 5.41) is 10.9. The third-order valence-corrected chi connectivity index (χ3v) is 3.13. The highest BCUT2D eigenvalue weighted by Crippen LogP contribution is 2.24. The van der Waals surface area contributed by atoms with Crippen molar-refractivity contribution in [3.05, 3.63) is 70.2 Å². The van der Waals surface area contributed by atoms with Crippen molar-refractivity contribution in [3.8, 4) is 0 Å². The number of halogens is 1. The van der Waals surface area contributed by atoms with Gasteiger partial charge in [-0.15, -0.1) is 0 Å². The zero-order chi connectivity index (χ0) is 13.0. The van der Waals surface area contributed by atoms with E-state index in [-0.39, 0.29) is 0 Å². The molecule has 2 nitrogen and oxygen atoms in total. The molecule has 3 N–H and O–H groups in total. The van der Waals surface area contributed by atoms with E-state index in [2.05, 4.69) is 0 Å². The molecule has 2 aromatic carbocycles. The van der Waals surface area contributed by atoms with Gasteiger partial charge in [-0.2, -0.15) is 0 Å². The minimum atomic E-state index is -0.643. The molecule has 0 fully saturated rings. The lowest BCUT2D eigenvalue weighted by atomic mass is 10.00. The Balaban J connectivity index is 2.20. The van der Waals surface area contributed by atoms with Gasteiger partial charge in [0.25, 0.3) is 0 Å². The maximum atomic E-state index is 10.3. The first kappa shape index (κ1) is 13.1. The minimum Gasteiger partial charge on any atom is -0.384 e. The zero-order valence-electron chi connectivity index (χ0n) is 10.0. The summed E-state index contributed by atoms with van der Waals surface area (Å²) in [5.74, 6) is 0. The summed E-state index contributed by atoms with van der Waals surface area (Å²) in [6.07, 6.45) is 0.212. The highest BCUT2D eigenvalue weighted by atomic mass is 35.5. The Labute approximate surface area is 112 Å². The predicted molar refractivity (Wildman–Crippen MR) is 74.7 cm³/mol. The Hall–Kier alpha value is -1.35. The summed E-state index contributed by atoms with van der Waals surface area (Å²) in [4.78, 5) is 0. The van der Waals surface area contributed by atoms with Crippen molar-refractivity contribution in [1.29, 1.82) is 0 Å². The van der Waals surface area contributed by atoms with E-state index < -0.39 is 6.10 Å². The van der Waals surface area contributed by atoms with Crippen molar-refractivity contribution in [2.45, 2.75) is 12.5 Å². The molecule has 2 rings (SSSR count). The van der Waals surface area contributed by atoms with E-state index in [9.17, 15) is 5.11 Å². The summed E-state index contributed by atoms with van der Waals surface area (Å²) >= 11 is 5.92. The molecule has 0 heterocycles. The minimum absolute atomic E-state index is 0.631. The van der Waals surface area contributed by atoms with Gasteiger partial charge in [-0.05, 0) is 41.8 Å². The van der Waals surface area contributed by atoms with Crippen LogP contribution in [0.1, 0.15) is 22.8 Å². The normalized spacial score (nSPS) is 12.4. The Bertz CT molecular complexity index is 510. The maximum absolute atomic E-state index is 10.3. The molecule has 0 aliphatic carbocycles. The van der Waals surface area contributed by atoms with Crippen molar-refractivity contribution < 1.29 is 5.11 Å². The average molecular weight is 262 g/mol. The molecule has 0 radical (unpaired) electrons. The Morgan fingerprint density at radius 1 is 1.06 bits per heavy atom. The average Bonchev–Trinajstić information content (AvgIpc) is 2.39. The van der Waals surface area contributed by atoms with E-state index in [0.717, 1.165) is 17.5 Å². The first-order valence-corrected chi connectivity index (χ1v) is 6.31. The van der Waals surface area contributed by atoms with E-state index in [1.807, 2.05) is 36.4 Å². The van der Waals surface area contributed by atoms with Crippen LogP contribution in [0.5, 0.6) is 0 Å². The van der Waals surface area contributed by atoms with Gasteiger partial charge in [0, 0.05) is 5.02 Å². The molecule has 2 aromatic rings. The second-order valence-electron chi connectivity index (χ2n) is 4.24. The van der Waals surface area contributed by atoms with Gasteiger partial charge >= 0.3 is 0 Å². The van der Waals surface area contributed by atoms with Gasteiger partial charge in [0.2, 0.25) is 0 Å². The smallest absolute Gasteiger partial charge is 0.104 e. The summed E-state index contributed by atoms with van der Waals surface area (Å²) in [7, 11) is 0. The van der Waals surface area contributed by atoms with Crippen molar-refractivity contribution in [2.24, 2.45) is 5.73 Å². The van der Waals surface area contributed by atoms with E-state index in [0.29, 0.717) is 11.6 Å². The number of rotatable bonds is 4. The summed E-state index contributed by atoms with van der Waals surface area (Å²) < 4.78 is 0. The maximum Gasteiger partial charge on any atom is 0.104 e. The van der Waals surface area contributed by atoms with E-state index in [4.69, 9.17) is 17.3 Å². The van der Waals surface area contributed by atoms with Crippen LogP contribution in [-0.4, -0.2) is 11.7 Å². The molecular formula is C15H16ClNO. The monoisotopic (exact) mass is 261 g/mol. The van der Waals surface area contributed by atoms with E-state index >= 15 is 0 Å². The summed E-state index contributed by atoms with van der Waals surface area (Å²) in [6, 6.07) is 15.1. The lowest BCUT2D eigenvalue weighted by Crippen LogP contribution is -2.03. The molecule has 1 unspecified atom stereocenters. The van der Waals surface area contributed by atoms with Crippen molar-refractivity contribution in [2.75, 3.05) is 6.54 Å². The molecule has 1 atom stereocenters. The standard InChI is InChI=1S/C15H16ClNO/c16-14-3-1-2-13(10-14)15(18)12-6-4-11(5-7-12)8-9-17/h1-7,10,15,18H,8-9,17H2. The van der Waals surface area contributed by atoms with E-state index in [1.54, 1.807) is 12.1 Å². The molecule has 18 heavy (non-hydrogen) atoms. The van der Waals surface area contributed by atoms with Crippen LogP contribution >= 0.6 is 11.6 Å². The summed E-state index contributed by atoms with van der Waals surface area (Å²) in [6.45, 7) is 0.635. The molecule has 94 valence electrons. The molecule has 0 aliphatic rings. The van der Waals surface area contributed by atoms with Crippen LogP contribution in [0, 0.1) is 0 Å². The largest absolute Gasteiger partial charge is 0.384 e. The first-order chi connectivity index (χ1) is 8.70. The second-order valence-corrected chi connectivity index (χ2v) is 4.67. The second kappa shape index (κ2) is 6.01. The SMILES string of the molecule is NCCc1ccc(C(O)c2cccc(Cl)c2)cc1. The van der Waals surface area contributed by atoms with Crippen LogP contribution in [0.15, 0.2) is 48.5 Å². The molecule has 0 aliphatic heterocycles. The number of nitrogens with two attached hydrogens (primary N) is 1. The van der Waals surface area contributed by atoms with Crippen molar-refractivity contribution in [3.63, 3.8) is 0 Å². The topological polar surface area (TPSA) is 46.2 Å². The fourth-order valence-electron chi connectivity index (χ4n) is 1.90. The zero-order valence-corrected chi connectivity index (χ0v) is 10.8. The Morgan fingerprint density at radius 3 is 2.39 bits per heavy atom. The summed E-state index contributed by atoms with van der Waals surface area (Å²) in [5.41, 5.74) is 8.34.